The molecule has 1 heterocycles. The van der Waals surface area contributed by atoms with Gasteiger partial charge in [0.25, 0.3) is 0 Å². The fourth-order valence-electron chi connectivity index (χ4n) is 1.75. The monoisotopic (exact) mass is 213 g/mol. The molecule has 14 heavy (non-hydrogen) atoms. The highest BCUT2D eigenvalue weighted by Gasteiger charge is 2.09. The molecule has 0 amide bonds. The van der Waals surface area contributed by atoms with Gasteiger partial charge in [-0.25, -0.2) is 0 Å². The maximum Gasteiger partial charge on any atom is 0.0677 e. The zero-order chi connectivity index (χ0) is 10.2. The molecule has 0 spiro atoms. The van der Waals surface area contributed by atoms with E-state index >= 15 is 0 Å². The number of unbranched alkanes of at least 4 members (excludes halogenated alkanes) is 5. The van der Waals surface area contributed by atoms with Crippen LogP contribution in [0.2, 0.25) is 0 Å². The molecule has 0 fully saturated rings. The number of hydrogen-bond acceptors (Lipinski definition) is 2. The van der Waals surface area contributed by atoms with Crippen molar-refractivity contribution in [2.24, 2.45) is 0 Å². The zero-order valence-electron chi connectivity index (χ0n) is 9.59. The van der Waals surface area contributed by atoms with E-state index < -0.39 is 0 Å². The summed E-state index contributed by atoms with van der Waals surface area (Å²) in [5.74, 6) is 1.18. The molecule has 0 aromatic heterocycles. The van der Waals surface area contributed by atoms with E-state index in [9.17, 15) is 0 Å². The largest absolute Gasteiger partial charge is 0.365 e. The van der Waals surface area contributed by atoms with E-state index in [1.54, 1.807) is 0 Å². The Bertz CT molecular complexity index is 177. The van der Waals surface area contributed by atoms with E-state index in [-0.39, 0.29) is 0 Å². The summed E-state index contributed by atoms with van der Waals surface area (Å²) in [4.78, 5) is 2.49. The lowest BCUT2D eigenvalue weighted by atomic mass is 10.1. The Labute approximate surface area is 92.9 Å². The average molecular weight is 213 g/mol. The van der Waals surface area contributed by atoms with Gasteiger partial charge in [-0.05, 0) is 18.8 Å². The van der Waals surface area contributed by atoms with Gasteiger partial charge in [-0.1, -0.05) is 39.0 Å². The molecule has 2 heteroatoms. The highest BCUT2D eigenvalue weighted by Crippen LogP contribution is 2.22. The number of nitrogens with zero attached hydrogens (tertiary/aromatic N) is 1. The third-order valence-electron chi connectivity index (χ3n) is 2.76. The highest BCUT2D eigenvalue weighted by molar-refractivity contribution is 8.02. The first-order valence-corrected chi connectivity index (χ1v) is 6.92. The first-order valence-electron chi connectivity index (χ1n) is 5.88. The summed E-state index contributed by atoms with van der Waals surface area (Å²) in [6.45, 7) is 5.76. The summed E-state index contributed by atoms with van der Waals surface area (Å²) >= 11 is 1.93. The molecule has 0 saturated carbocycles. The van der Waals surface area contributed by atoms with Crippen LogP contribution in [-0.2, 0) is 0 Å². The number of rotatable bonds is 7. The van der Waals surface area contributed by atoms with Gasteiger partial charge < -0.3 is 4.90 Å². The van der Waals surface area contributed by atoms with E-state index in [1.807, 2.05) is 11.8 Å². The molecule has 82 valence electrons. The van der Waals surface area contributed by atoms with Crippen LogP contribution in [0.25, 0.3) is 0 Å². The predicted octanol–water partition coefficient (Wildman–Crippen LogP) is 4.21. The minimum absolute atomic E-state index is 1.18. The molecule has 1 nitrogen and oxygen atoms in total. The second-order valence-corrected chi connectivity index (χ2v) is 4.91. The number of allylic oxidation sites excluding steroid dienone is 1. The van der Waals surface area contributed by atoms with Gasteiger partial charge in [-0.3, -0.25) is 0 Å². The molecule has 0 aromatic rings. The van der Waals surface area contributed by atoms with Crippen LogP contribution in [0, 0.1) is 0 Å². The van der Waals surface area contributed by atoms with E-state index in [4.69, 9.17) is 0 Å². The topological polar surface area (TPSA) is 3.24 Å². The lowest BCUT2D eigenvalue weighted by Crippen LogP contribution is -2.18. The quantitative estimate of drug-likeness (QED) is 0.583. The lowest BCUT2D eigenvalue weighted by molar-refractivity contribution is 0.392. The van der Waals surface area contributed by atoms with Crippen LogP contribution >= 0.6 is 11.8 Å². The van der Waals surface area contributed by atoms with Crippen molar-refractivity contribution >= 4 is 11.8 Å². The summed E-state index contributed by atoms with van der Waals surface area (Å²) in [6, 6.07) is 0. The molecule has 0 radical (unpaired) electrons. The molecule has 1 aliphatic heterocycles. The second-order valence-electron chi connectivity index (χ2n) is 4.09. The van der Waals surface area contributed by atoms with Gasteiger partial charge in [0.05, 0.1) is 5.88 Å². The summed E-state index contributed by atoms with van der Waals surface area (Å²) in [7, 11) is 0. The minimum atomic E-state index is 1.18. The van der Waals surface area contributed by atoms with Crippen LogP contribution < -0.4 is 0 Å². The van der Waals surface area contributed by atoms with E-state index in [1.165, 1.54) is 56.6 Å². The molecule has 0 saturated heterocycles. The third kappa shape index (κ3) is 4.41. The molecule has 1 rings (SSSR count). The Kier molecular flexibility index (Phi) is 6.17. The van der Waals surface area contributed by atoms with E-state index in [0.29, 0.717) is 0 Å². The Balaban J connectivity index is 1.91. The van der Waals surface area contributed by atoms with Gasteiger partial charge in [0.2, 0.25) is 0 Å². The summed E-state index contributed by atoms with van der Waals surface area (Å²) in [6.07, 6.45) is 8.41. The van der Waals surface area contributed by atoms with Crippen molar-refractivity contribution in [2.45, 2.75) is 52.4 Å². The standard InChI is InChI=1S/C12H23NS/c1-3-4-5-6-7-8-9-13-11-14-10-12(13)2/h10H,3-9,11H2,1-2H3. The zero-order valence-corrected chi connectivity index (χ0v) is 10.4. The first kappa shape index (κ1) is 12.0. The molecular weight excluding hydrogens is 190 g/mol. The van der Waals surface area contributed by atoms with Crippen LogP contribution in [0.1, 0.15) is 52.4 Å². The predicted molar refractivity (Wildman–Crippen MR) is 66.3 cm³/mol. The highest BCUT2D eigenvalue weighted by atomic mass is 32.2. The maximum atomic E-state index is 2.49. The summed E-state index contributed by atoms with van der Waals surface area (Å²) in [5, 5.41) is 2.27. The fourth-order valence-corrected chi connectivity index (χ4v) is 2.73. The van der Waals surface area contributed by atoms with Crippen LogP contribution in [0.3, 0.4) is 0 Å². The fraction of sp³-hybridized carbons (Fsp3) is 0.833. The summed E-state index contributed by atoms with van der Waals surface area (Å²) in [5.41, 5.74) is 1.46. The molecule has 0 N–H and O–H groups in total. The number of thioether (sulfide) groups is 1. The molecule has 0 atom stereocenters. The van der Waals surface area contributed by atoms with Crippen molar-refractivity contribution in [3.63, 3.8) is 0 Å². The van der Waals surface area contributed by atoms with Crippen LogP contribution in [-0.4, -0.2) is 17.3 Å². The average Bonchev–Trinajstić information content (AvgIpc) is 2.58. The minimum Gasteiger partial charge on any atom is -0.365 e. The van der Waals surface area contributed by atoms with Gasteiger partial charge in [0, 0.05) is 12.2 Å². The van der Waals surface area contributed by atoms with Gasteiger partial charge in [-0.15, -0.1) is 11.8 Å². The Morgan fingerprint density at radius 3 is 2.57 bits per heavy atom. The van der Waals surface area contributed by atoms with Gasteiger partial charge in [-0.2, -0.15) is 0 Å². The Morgan fingerprint density at radius 1 is 1.21 bits per heavy atom. The van der Waals surface area contributed by atoms with E-state index in [0.717, 1.165) is 0 Å². The first-order chi connectivity index (χ1) is 6.84. The van der Waals surface area contributed by atoms with Gasteiger partial charge in [0.1, 0.15) is 0 Å². The maximum absolute atomic E-state index is 2.49. The molecule has 0 aromatic carbocycles. The SMILES string of the molecule is CCCCCCCCN1CSC=C1C. The van der Waals surface area contributed by atoms with Crippen LogP contribution in [0.15, 0.2) is 11.1 Å². The Morgan fingerprint density at radius 2 is 1.93 bits per heavy atom. The van der Waals surface area contributed by atoms with E-state index in [2.05, 4.69) is 24.2 Å². The van der Waals surface area contributed by atoms with Crippen molar-refractivity contribution in [2.75, 3.05) is 12.4 Å². The smallest absolute Gasteiger partial charge is 0.0677 e. The molecule has 0 bridgehead atoms. The molecule has 0 unspecified atom stereocenters. The number of hydrogen-bond donors (Lipinski definition) is 0. The molecule has 0 aliphatic carbocycles. The Hall–Kier alpha value is -0.110. The lowest BCUT2D eigenvalue weighted by Gasteiger charge is -2.18. The van der Waals surface area contributed by atoms with Crippen LogP contribution in [0.4, 0.5) is 0 Å². The molecular formula is C12H23NS. The van der Waals surface area contributed by atoms with Crippen molar-refractivity contribution in [1.29, 1.82) is 0 Å². The normalized spacial score (nSPS) is 16.1. The van der Waals surface area contributed by atoms with Crippen molar-refractivity contribution in [1.82, 2.24) is 4.90 Å². The third-order valence-corrected chi connectivity index (χ3v) is 3.73. The second kappa shape index (κ2) is 7.22. The molecule has 1 aliphatic rings. The van der Waals surface area contributed by atoms with Gasteiger partial charge in [0.15, 0.2) is 0 Å². The summed E-state index contributed by atoms with van der Waals surface area (Å²) < 4.78 is 0. The van der Waals surface area contributed by atoms with Gasteiger partial charge >= 0.3 is 0 Å². The van der Waals surface area contributed by atoms with Crippen molar-refractivity contribution in [3.8, 4) is 0 Å². The van der Waals surface area contributed by atoms with Crippen LogP contribution in [0.5, 0.6) is 0 Å². The van der Waals surface area contributed by atoms with Crippen molar-refractivity contribution < 1.29 is 0 Å². The van der Waals surface area contributed by atoms with Crippen molar-refractivity contribution in [3.05, 3.63) is 11.1 Å².